The molecular weight excluding hydrogens is 268 g/mol. The summed E-state index contributed by atoms with van der Waals surface area (Å²) in [5.41, 5.74) is 4.34. The van der Waals surface area contributed by atoms with Crippen LogP contribution in [0.25, 0.3) is 11.0 Å². The number of piperazine rings is 1. The lowest BCUT2D eigenvalue weighted by Gasteiger charge is -2.42. The summed E-state index contributed by atoms with van der Waals surface area (Å²) in [4.78, 5) is 2.54. The van der Waals surface area contributed by atoms with Crippen molar-refractivity contribution in [1.82, 2.24) is 15.4 Å². The Kier molecular flexibility index (Phi) is 3.17. The van der Waals surface area contributed by atoms with Crippen molar-refractivity contribution in [3.05, 3.63) is 23.3 Å². The summed E-state index contributed by atoms with van der Waals surface area (Å²) >= 11 is 0. The van der Waals surface area contributed by atoms with Crippen LogP contribution in [0.1, 0.15) is 17.2 Å². The highest BCUT2D eigenvalue weighted by Crippen LogP contribution is 2.30. The number of ether oxygens (including phenoxy) is 1. The zero-order chi connectivity index (χ0) is 14.4. The highest BCUT2D eigenvalue weighted by molar-refractivity contribution is 5.75. The monoisotopic (exact) mass is 289 g/mol. The second-order valence-corrected chi connectivity index (χ2v) is 5.99. The third-order valence-corrected chi connectivity index (χ3v) is 4.75. The molecule has 0 amide bonds. The number of morpholine rings is 1. The van der Waals surface area contributed by atoms with Gasteiger partial charge in [-0.15, -0.1) is 0 Å². The minimum absolute atomic E-state index is 0.130. The quantitative estimate of drug-likeness (QED) is 0.766. The van der Waals surface area contributed by atoms with Crippen LogP contribution in [0.15, 0.2) is 16.8 Å². The largest absolute Gasteiger partial charge is 0.370 e. The second kappa shape index (κ2) is 5.05. The second-order valence-electron chi connectivity index (χ2n) is 5.99. The molecule has 0 bridgehead atoms. The molecule has 6 heteroatoms. The molecule has 2 fully saturated rings. The Hall–Kier alpha value is -1.50. The highest BCUT2D eigenvalue weighted by Gasteiger charge is 2.33. The van der Waals surface area contributed by atoms with E-state index in [0.717, 1.165) is 49.4 Å². The maximum absolute atomic E-state index is 6.12. The van der Waals surface area contributed by atoms with Crippen LogP contribution < -0.4 is 10.1 Å². The van der Waals surface area contributed by atoms with E-state index in [1.807, 2.05) is 7.05 Å². The lowest BCUT2D eigenvalue weighted by Crippen LogP contribution is -2.57. The van der Waals surface area contributed by atoms with Crippen molar-refractivity contribution in [2.24, 2.45) is 7.05 Å². The van der Waals surface area contributed by atoms with E-state index in [-0.39, 0.29) is 6.10 Å². The predicted molar refractivity (Wildman–Crippen MR) is 76.8 cm³/mol. The van der Waals surface area contributed by atoms with Crippen LogP contribution in [0, 0.1) is 6.92 Å². The number of benzene rings is 1. The van der Waals surface area contributed by atoms with Crippen molar-refractivity contribution in [2.45, 2.75) is 19.1 Å². The van der Waals surface area contributed by atoms with Crippen LogP contribution >= 0.6 is 0 Å². The van der Waals surface area contributed by atoms with Gasteiger partial charge in [0.1, 0.15) is 7.05 Å². The summed E-state index contributed by atoms with van der Waals surface area (Å²) < 4.78 is 13.0. The summed E-state index contributed by atoms with van der Waals surface area (Å²) in [5.74, 6) is 0. The normalized spacial score (nSPS) is 27.0. The van der Waals surface area contributed by atoms with Gasteiger partial charge < -0.3 is 10.1 Å². The molecule has 1 aromatic carbocycles. The van der Waals surface area contributed by atoms with Gasteiger partial charge in [-0.2, -0.15) is 0 Å². The van der Waals surface area contributed by atoms with E-state index >= 15 is 0 Å². The van der Waals surface area contributed by atoms with E-state index in [1.54, 1.807) is 4.74 Å². The van der Waals surface area contributed by atoms with Crippen molar-refractivity contribution < 1.29 is 14.1 Å². The molecule has 0 spiro atoms. The average molecular weight is 289 g/mol. The molecule has 2 aliphatic rings. The molecule has 0 aliphatic carbocycles. The molecule has 0 saturated carbocycles. The summed E-state index contributed by atoms with van der Waals surface area (Å²) in [6.07, 6.45) is 0.130. The number of nitrogens with zero attached hydrogens (tertiary/aromatic N) is 3. The van der Waals surface area contributed by atoms with E-state index in [4.69, 9.17) is 9.37 Å². The van der Waals surface area contributed by atoms with Crippen molar-refractivity contribution in [2.75, 3.05) is 32.8 Å². The highest BCUT2D eigenvalue weighted by atomic mass is 16.6. The van der Waals surface area contributed by atoms with Gasteiger partial charge >= 0.3 is 0 Å². The van der Waals surface area contributed by atoms with E-state index in [0.29, 0.717) is 6.04 Å². The van der Waals surface area contributed by atoms with Crippen LogP contribution in [0.4, 0.5) is 0 Å². The topological polar surface area (TPSA) is 54.4 Å². The average Bonchev–Trinajstić information content (AvgIpc) is 2.90. The third kappa shape index (κ3) is 2.14. The summed E-state index contributed by atoms with van der Waals surface area (Å²) in [6.45, 7) is 7.06. The molecule has 2 saturated heterocycles. The Bertz CT molecular complexity index is 669. The molecule has 6 nitrogen and oxygen atoms in total. The minimum Gasteiger partial charge on any atom is -0.370 e. The molecule has 2 aliphatic heterocycles. The van der Waals surface area contributed by atoms with Gasteiger partial charge in [0.15, 0.2) is 5.16 Å². The number of aromatic nitrogens is 2. The van der Waals surface area contributed by atoms with Gasteiger partial charge in [-0.3, -0.25) is 4.90 Å². The van der Waals surface area contributed by atoms with Gasteiger partial charge in [-0.1, -0.05) is 15.4 Å². The van der Waals surface area contributed by atoms with Crippen molar-refractivity contribution in [3.63, 3.8) is 0 Å². The fraction of sp³-hybridized carbons (Fsp3) is 0.600. The summed E-state index contributed by atoms with van der Waals surface area (Å²) in [5, 5.41) is 7.59. The first-order chi connectivity index (χ1) is 10.2. The number of hydrogen-bond donors (Lipinski definition) is 1. The molecular formula is C15H21N4O2+. The zero-order valence-corrected chi connectivity index (χ0v) is 12.5. The Labute approximate surface area is 123 Å². The molecule has 112 valence electrons. The van der Waals surface area contributed by atoms with Gasteiger partial charge in [-0.25, -0.2) is 0 Å². The maximum Gasteiger partial charge on any atom is 0.276 e. The molecule has 2 aromatic rings. The summed E-state index contributed by atoms with van der Waals surface area (Å²) in [7, 11) is 1.87. The van der Waals surface area contributed by atoms with Crippen LogP contribution in [0.5, 0.6) is 0 Å². The van der Waals surface area contributed by atoms with Crippen LogP contribution in [0.2, 0.25) is 0 Å². The number of fused-ring (bicyclic) bond motifs is 2. The van der Waals surface area contributed by atoms with Gasteiger partial charge in [0.05, 0.1) is 12.7 Å². The number of hydrogen-bond acceptors (Lipinski definition) is 5. The first kappa shape index (κ1) is 13.2. The van der Waals surface area contributed by atoms with Crippen molar-refractivity contribution in [3.8, 4) is 0 Å². The van der Waals surface area contributed by atoms with Crippen LogP contribution in [0.3, 0.4) is 0 Å². The molecule has 0 unspecified atom stereocenters. The van der Waals surface area contributed by atoms with Gasteiger partial charge in [-0.05, 0) is 18.6 Å². The molecule has 3 heterocycles. The Morgan fingerprint density at radius 3 is 3.24 bits per heavy atom. The predicted octanol–water partition coefficient (Wildman–Crippen LogP) is 0.306. The van der Waals surface area contributed by atoms with E-state index in [2.05, 4.69) is 34.4 Å². The van der Waals surface area contributed by atoms with Crippen molar-refractivity contribution >= 4 is 11.0 Å². The third-order valence-electron chi connectivity index (χ3n) is 4.75. The molecule has 21 heavy (non-hydrogen) atoms. The van der Waals surface area contributed by atoms with Crippen molar-refractivity contribution in [1.29, 1.82) is 0 Å². The van der Waals surface area contributed by atoms with Crippen LogP contribution in [-0.2, 0) is 11.8 Å². The molecule has 4 rings (SSSR count). The van der Waals surface area contributed by atoms with Gasteiger partial charge in [0, 0.05) is 37.8 Å². The van der Waals surface area contributed by atoms with Gasteiger partial charge in [0.2, 0.25) is 5.52 Å². The minimum atomic E-state index is 0.130. The van der Waals surface area contributed by atoms with E-state index in [9.17, 15) is 0 Å². The Balaban J connectivity index is 1.65. The van der Waals surface area contributed by atoms with Gasteiger partial charge in [0.25, 0.3) is 5.52 Å². The Morgan fingerprint density at radius 1 is 1.43 bits per heavy atom. The number of aryl methyl sites for hydroxylation is 2. The standard InChI is InChI=1S/C15H21N4O2/c1-10-12(3-4-13-15(10)17-21-18(13)2)14-8-19-6-5-16-7-11(19)9-20-14/h3-4,11,14,16H,5-9H2,1-2H3/q+1/t11-,14-/m0/s1. The fourth-order valence-electron chi connectivity index (χ4n) is 3.45. The Morgan fingerprint density at radius 2 is 2.33 bits per heavy atom. The SMILES string of the molecule is Cc1c([C@@H]2CN3CCNC[C@H]3CO2)ccc2c1no[n+]2C. The number of nitrogens with one attached hydrogen (secondary N) is 1. The molecule has 1 aromatic heterocycles. The summed E-state index contributed by atoms with van der Waals surface area (Å²) in [6, 6.07) is 4.74. The smallest absolute Gasteiger partial charge is 0.276 e. The zero-order valence-electron chi connectivity index (χ0n) is 12.5. The molecule has 1 N–H and O–H groups in total. The number of rotatable bonds is 1. The lowest BCUT2D eigenvalue weighted by atomic mass is 9.99. The van der Waals surface area contributed by atoms with Crippen LogP contribution in [-0.4, -0.2) is 48.9 Å². The molecule has 0 radical (unpaired) electrons. The first-order valence-electron chi connectivity index (χ1n) is 7.56. The lowest BCUT2D eigenvalue weighted by molar-refractivity contribution is -0.834. The fourth-order valence-corrected chi connectivity index (χ4v) is 3.45. The van der Waals surface area contributed by atoms with E-state index in [1.165, 1.54) is 5.56 Å². The molecule has 2 atom stereocenters. The first-order valence-corrected chi connectivity index (χ1v) is 7.56. The maximum atomic E-state index is 6.12. The van der Waals surface area contributed by atoms with E-state index < -0.39 is 0 Å².